The first kappa shape index (κ1) is 21.8. The number of rotatable bonds is 5. The molecule has 0 saturated heterocycles. The molecule has 0 atom stereocenters. The summed E-state index contributed by atoms with van der Waals surface area (Å²) in [6.45, 7) is 1.33. The molecule has 1 rings (SSSR count). The minimum Gasteiger partial charge on any atom is -0.430 e. The first-order valence-electron chi connectivity index (χ1n) is 6.26. The van der Waals surface area contributed by atoms with Crippen molar-refractivity contribution < 1.29 is 53.0 Å². The van der Waals surface area contributed by atoms with E-state index in [1.807, 2.05) is 0 Å². The zero-order valence-corrected chi connectivity index (χ0v) is 12.4. The summed E-state index contributed by atoms with van der Waals surface area (Å²) < 4.78 is 144. The minimum absolute atomic E-state index is 0.158. The molecule has 0 aliphatic heterocycles. The Kier molecular flexibility index (Phi) is 5.46. The Morgan fingerprint density at radius 2 is 1.35 bits per heavy atom. The Hall–Kier alpha value is -2.21. The molecule has 0 radical (unpaired) electrons. The van der Waals surface area contributed by atoms with Crippen LogP contribution in [-0.2, 0) is 0 Å². The van der Waals surface area contributed by atoms with Gasteiger partial charge in [0.15, 0.2) is 0 Å². The molecule has 0 amide bonds. The smallest absolute Gasteiger partial charge is 0.430 e. The largest absolute Gasteiger partial charge is 0.460 e. The van der Waals surface area contributed by atoms with Gasteiger partial charge >= 0.3 is 30.0 Å². The summed E-state index contributed by atoms with van der Waals surface area (Å²) in [5.74, 6) is -26.3. The normalized spacial score (nSPS) is 14.9. The lowest BCUT2D eigenvalue weighted by Gasteiger charge is -2.32. The van der Waals surface area contributed by atoms with Crippen molar-refractivity contribution in [2.24, 2.45) is 0 Å². The molecule has 26 heavy (non-hydrogen) atoms. The third kappa shape index (κ3) is 3.65. The van der Waals surface area contributed by atoms with E-state index in [9.17, 15) is 48.3 Å². The average Bonchev–Trinajstić information content (AvgIpc) is 2.43. The maximum atomic E-state index is 13.4. The molecule has 0 aliphatic rings. The van der Waals surface area contributed by atoms with Crippen molar-refractivity contribution in [1.29, 1.82) is 0 Å². The van der Waals surface area contributed by atoms with Crippen molar-refractivity contribution in [3.63, 3.8) is 0 Å². The van der Waals surface area contributed by atoms with Crippen LogP contribution in [-0.4, -0.2) is 23.9 Å². The molecule has 0 unspecified atom stereocenters. The fourth-order valence-electron chi connectivity index (χ4n) is 1.62. The molecule has 2 nitrogen and oxygen atoms in total. The molecular formula is C13H8F11NO. The second-order valence-electron chi connectivity index (χ2n) is 4.99. The summed E-state index contributed by atoms with van der Waals surface area (Å²) in [7, 11) is 0. The predicted octanol–water partition coefficient (Wildman–Crippen LogP) is 5.53. The number of nitrogens with two attached hydrogens (primary N) is 1. The van der Waals surface area contributed by atoms with Crippen LogP contribution in [0.25, 0.3) is 0 Å². The topological polar surface area (TPSA) is 35.2 Å². The standard InChI is InChI=1S/C13H8F11NO/c1-5-2-6(25)4-7(3-5)26-9(15)8(14)10(16,17)11(18,19)12(20,21)13(22,23)24/h2-4H,25H2,1H3. The summed E-state index contributed by atoms with van der Waals surface area (Å²) in [5.41, 5.74) is 5.32. The molecule has 0 saturated carbocycles. The molecule has 0 heterocycles. The van der Waals surface area contributed by atoms with Gasteiger partial charge in [-0.2, -0.15) is 48.3 Å². The van der Waals surface area contributed by atoms with E-state index < -0.39 is 41.5 Å². The third-order valence-electron chi connectivity index (χ3n) is 2.87. The van der Waals surface area contributed by atoms with E-state index in [0.717, 1.165) is 12.1 Å². The van der Waals surface area contributed by atoms with Crippen LogP contribution >= 0.6 is 0 Å². The highest BCUT2D eigenvalue weighted by molar-refractivity contribution is 5.47. The quantitative estimate of drug-likeness (QED) is 0.399. The number of halogens is 11. The number of hydrogen-bond acceptors (Lipinski definition) is 2. The SMILES string of the molecule is Cc1cc(N)cc(OC(F)=C(F)C(F)(F)C(F)(F)C(F)(F)C(F)(F)F)c1. The van der Waals surface area contributed by atoms with Crippen LogP contribution in [0.2, 0.25) is 0 Å². The number of hydrogen-bond donors (Lipinski definition) is 1. The van der Waals surface area contributed by atoms with Gasteiger partial charge in [0.05, 0.1) is 0 Å². The maximum Gasteiger partial charge on any atom is 0.460 e. The van der Waals surface area contributed by atoms with Gasteiger partial charge in [0.25, 0.3) is 0 Å². The molecule has 0 spiro atoms. The van der Waals surface area contributed by atoms with Crippen molar-refractivity contribution in [3.05, 3.63) is 35.6 Å². The van der Waals surface area contributed by atoms with Gasteiger partial charge in [0, 0.05) is 11.8 Å². The molecule has 2 N–H and O–H groups in total. The van der Waals surface area contributed by atoms with Gasteiger partial charge in [-0.3, -0.25) is 0 Å². The lowest BCUT2D eigenvalue weighted by atomic mass is 10.0. The highest BCUT2D eigenvalue weighted by Gasteiger charge is 2.83. The first-order chi connectivity index (χ1) is 11.4. The van der Waals surface area contributed by atoms with E-state index in [-0.39, 0.29) is 11.3 Å². The Labute approximate surface area is 138 Å². The Bertz CT molecular complexity index is 688. The fourth-order valence-corrected chi connectivity index (χ4v) is 1.62. The summed E-state index contributed by atoms with van der Waals surface area (Å²) in [4.78, 5) is 0. The fraction of sp³-hybridized carbons (Fsp3) is 0.385. The molecule has 0 aromatic heterocycles. The summed E-state index contributed by atoms with van der Waals surface area (Å²) in [6, 6.07) is -0.306. The van der Waals surface area contributed by atoms with Gasteiger partial charge in [0.1, 0.15) is 5.75 Å². The van der Waals surface area contributed by atoms with E-state index in [1.165, 1.54) is 13.0 Å². The number of allylic oxidation sites excluding steroid dienone is 1. The van der Waals surface area contributed by atoms with E-state index in [4.69, 9.17) is 5.73 Å². The molecule has 0 bridgehead atoms. The van der Waals surface area contributed by atoms with Crippen LogP contribution in [0.3, 0.4) is 0 Å². The van der Waals surface area contributed by atoms with Crippen molar-refractivity contribution in [2.75, 3.05) is 5.73 Å². The van der Waals surface area contributed by atoms with Gasteiger partial charge in [-0.05, 0) is 24.6 Å². The van der Waals surface area contributed by atoms with Crippen LogP contribution in [0.4, 0.5) is 54.0 Å². The van der Waals surface area contributed by atoms with Crippen LogP contribution in [0.1, 0.15) is 5.56 Å². The number of benzene rings is 1. The zero-order valence-electron chi connectivity index (χ0n) is 12.4. The van der Waals surface area contributed by atoms with Crippen molar-refractivity contribution >= 4 is 5.69 Å². The summed E-state index contributed by atoms with van der Waals surface area (Å²) in [5, 5.41) is 0. The van der Waals surface area contributed by atoms with Crippen molar-refractivity contribution in [2.45, 2.75) is 30.9 Å². The number of ether oxygens (including phenoxy) is 1. The van der Waals surface area contributed by atoms with Gasteiger partial charge in [-0.15, -0.1) is 0 Å². The highest BCUT2D eigenvalue weighted by Crippen LogP contribution is 2.55. The van der Waals surface area contributed by atoms with E-state index >= 15 is 0 Å². The van der Waals surface area contributed by atoms with Gasteiger partial charge in [-0.1, -0.05) is 0 Å². The van der Waals surface area contributed by atoms with Gasteiger partial charge in [-0.25, -0.2) is 0 Å². The Balaban J connectivity index is 3.33. The molecule has 13 heteroatoms. The number of alkyl halides is 9. The first-order valence-corrected chi connectivity index (χ1v) is 6.26. The molecule has 148 valence electrons. The lowest BCUT2D eigenvalue weighted by molar-refractivity contribution is -0.392. The predicted molar refractivity (Wildman–Crippen MR) is 66.4 cm³/mol. The summed E-state index contributed by atoms with van der Waals surface area (Å²) in [6.07, 6.45) is -7.16. The third-order valence-corrected chi connectivity index (χ3v) is 2.87. The van der Waals surface area contributed by atoms with Gasteiger partial charge in [0.2, 0.25) is 5.83 Å². The molecule has 0 aliphatic carbocycles. The van der Waals surface area contributed by atoms with Gasteiger partial charge < -0.3 is 10.5 Å². The van der Waals surface area contributed by atoms with E-state index in [0.29, 0.717) is 0 Å². The second-order valence-corrected chi connectivity index (χ2v) is 4.99. The van der Waals surface area contributed by atoms with Crippen LogP contribution in [0.5, 0.6) is 5.75 Å². The van der Waals surface area contributed by atoms with Crippen LogP contribution < -0.4 is 10.5 Å². The van der Waals surface area contributed by atoms with Crippen LogP contribution in [0.15, 0.2) is 30.0 Å². The van der Waals surface area contributed by atoms with E-state index in [1.54, 1.807) is 0 Å². The second kappa shape index (κ2) is 6.50. The lowest BCUT2D eigenvalue weighted by Crippen LogP contribution is -2.61. The molecule has 0 fully saturated rings. The van der Waals surface area contributed by atoms with Crippen molar-refractivity contribution in [3.8, 4) is 5.75 Å². The van der Waals surface area contributed by atoms with E-state index in [2.05, 4.69) is 4.74 Å². The molecule has 1 aromatic rings. The monoisotopic (exact) mass is 403 g/mol. The minimum atomic E-state index is -7.37. The number of nitrogen functional groups attached to an aromatic ring is 1. The Morgan fingerprint density at radius 1 is 0.846 bits per heavy atom. The number of aryl methyl sites for hydroxylation is 1. The maximum absolute atomic E-state index is 13.4. The Morgan fingerprint density at radius 3 is 1.77 bits per heavy atom. The highest BCUT2D eigenvalue weighted by atomic mass is 19.4. The summed E-state index contributed by atoms with van der Waals surface area (Å²) >= 11 is 0. The number of anilines is 1. The molecular weight excluding hydrogens is 395 g/mol. The average molecular weight is 403 g/mol. The zero-order chi connectivity index (χ0) is 20.7. The van der Waals surface area contributed by atoms with Crippen LogP contribution in [0, 0.1) is 6.92 Å². The van der Waals surface area contributed by atoms with Crippen molar-refractivity contribution in [1.82, 2.24) is 0 Å². The molecule has 1 aromatic carbocycles.